The van der Waals surface area contributed by atoms with E-state index >= 15 is 0 Å². The zero-order valence-electron chi connectivity index (χ0n) is 20.4. The molecule has 1 amide bonds. The number of amides is 1. The van der Waals surface area contributed by atoms with Crippen molar-refractivity contribution in [2.75, 3.05) is 11.5 Å². The van der Waals surface area contributed by atoms with Crippen molar-refractivity contribution in [2.45, 2.75) is 39.7 Å². The van der Waals surface area contributed by atoms with E-state index in [1.807, 2.05) is 73.7 Å². The van der Waals surface area contributed by atoms with Crippen molar-refractivity contribution in [3.63, 3.8) is 0 Å². The molecule has 0 saturated carbocycles. The molecule has 35 heavy (non-hydrogen) atoms. The number of aliphatic hydroxyl groups is 1. The van der Waals surface area contributed by atoms with E-state index in [4.69, 9.17) is 4.74 Å². The molecule has 0 aromatic heterocycles. The molecule has 3 aromatic rings. The van der Waals surface area contributed by atoms with Crippen molar-refractivity contribution in [1.82, 2.24) is 0 Å². The lowest BCUT2D eigenvalue weighted by molar-refractivity contribution is -0.118. The maximum atomic E-state index is 13.4. The summed E-state index contributed by atoms with van der Waals surface area (Å²) in [7, 11) is 0. The highest BCUT2D eigenvalue weighted by Crippen LogP contribution is 2.42. The van der Waals surface area contributed by atoms with E-state index in [0.29, 0.717) is 30.4 Å². The van der Waals surface area contributed by atoms with E-state index in [2.05, 4.69) is 13.8 Å². The Labute approximate surface area is 206 Å². The third-order valence-electron chi connectivity index (χ3n) is 6.05. The van der Waals surface area contributed by atoms with Gasteiger partial charge in [-0.2, -0.15) is 0 Å². The van der Waals surface area contributed by atoms with Gasteiger partial charge in [-0.05, 0) is 54.7 Å². The number of carbonyl (C=O) groups excluding carboxylic acids is 2. The SMILES string of the molecule is Cc1cccc(C2C(C(=O)CCc3ccccc3)=C(O)C(=O)N2c2ccc(OCC(C)C)cc2)c1. The van der Waals surface area contributed by atoms with Crippen LogP contribution in [0.1, 0.15) is 43.0 Å². The Morgan fingerprint density at radius 3 is 2.37 bits per heavy atom. The van der Waals surface area contributed by atoms with E-state index in [9.17, 15) is 14.7 Å². The molecule has 5 nitrogen and oxygen atoms in total. The molecule has 180 valence electrons. The predicted molar refractivity (Wildman–Crippen MR) is 138 cm³/mol. The highest BCUT2D eigenvalue weighted by atomic mass is 16.5. The smallest absolute Gasteiger partial charge is 0.294 e. The molecule has 1 unspecified atom stereocenters. The Hall–Kier alpha value is -3.86. The quantitative estimate of drug-likeness (QED) is 0.409. The van der Waals surface area contributed by atoms with Gasteiger partial charge in [0.25, 0.3) is 5.91 Å². The van der Waals surface area contributed by atoms with Crippen molar-refractivity contribution in [1.29, 1.82) is 0 Å². The maximum Gasteiger partial charge on any atom is 0.294 e. The molecule has 0 radical (unpaired) electrons. The second-order valence-electron chi connectivity index (χ2n) is 9.36. The molecule has 1 heterocycles. The van der Waals surface area contributed by atoms with Gasteiger partial charge < -0.3 is 9.84 Å². The molecular weight excluding hydrogens is 438 g/mol. The molecule has 0 bridgehead atoms. The number of ether oxygens (including phenoxy) is 1. The predicted octanol–water partition coefficient (Wildman–Crippen LogP) is 6.13. The standard InChI is InChI=1S/C30H31NO4/c1-20(2)19-35-25-15-13-24(14-16-25)31-28(23-11-7-8-21(3)18-23)27(29(33)30(31)34)26(32)17-12-22-9-5-4-6-10-22/h4-11,13-16,18,20,28,33H,12,17,19H2,1-3H3. The first-order valence-electron chi connectivity index (χ1n) is 12.0. The number of carbonyl (C=O) groups is 2. The van der Waals surface area contributed by atoms with Crippen LogP contribution in [0.2, 0.25) is 0 Å². The first kappa shape index (κ1) is 24.3. The number of aryl methyl sites for hydroxylation is 2. The lowest BCUT2D eigenvalue weighted by atomic mass is 9.92. The minimum Gasteiger partial charge on any atom is -0.503 e. The first-order chi connectivity index (χ1) is 16.8. The van der Waals surface area contributed by atoms with Gasteiger partial charge in [0, 0.05) is 12.1 Å². The minimum absolute atomic E-state index is 0.150. The van der Waals surface area contributed by atoms with E-state index in [1.165, 1.54) is 4.90 Å². The van der Waals surface area contributed by atoms with Crippen molar-refractivity contribution in [3.8, 4) is 5.75 Å². The number of anilines is 1. The summed E-state index contributed by atoms with van der Waals surface area (Å²) in [5.41, 5.74) is 3.57. The Morgan fingerprint density at radius 2 is 1.71 bits per heavy atom. The Kier molecular flexibility index (Phi) is 7.35. The van der Waals surface area contributed by atoms with Crippen molar-refractivity contribution in [3.05, 3.63) is 107 Å². The summed E-state index contributed by atoms with van der Waals surface area (Å²) < 4.78 is 5.78. The number of aliphatic hydroxyl groups excluding tert-OH is 1. The van der Waals surface area contributed by atoms with E-state index in [0.717, 1.165) is 16.7 Å². The molecule has 3 aromatic carbocycles. The van der Waals surface area contributed by atoms with Crippen LogP contribution in [0, 0.1) is 12.8 Å². The number of hydrogen-bond acceptors (Lipinski definition) is 4. The summed E-state index contributed by atoms with van der Waals surface area (Å²) in [6.07, 6.45) is 0.738. The molecule has 0 spiro atoms. The summed E-state index contributed by atoms with van der Waals surface area (Å²) in [5.74, 6) is -0.181. The Balaban J connectivity index is 1.66. The van der Waals surface area contributed by atoms with E-state index in [1.54, 1.807) is 12.1 Å². The normalized spacial score (nSPS) is 15.7. The van der Waals surface area contributed by atoms with Crippen LogP contribution < -0.4 is 9.64 Å². The van der Waals surface area contributed by atoms with E-state index < -0.39 is 17.7 Å². The molecule has 1 N–H and O–H groups in total. The Bertz CT molecular complexity index is 1230. The van der Waals surface area contributed by atoms with Crippen LogP contribution in [0.25, 0.3) is 0 Å². The zero-order chi connectivity index (χ0) is 24.9. The largest absolute Gasteiger partial charge is 0.503 e. The molecule has 5 heteroatoms. The highest BCUT2D eigenvalue weighted by Gasteiger charge is 2.44. The van der Waals surface area contributed by atoms with Gasteiger partial charge in [-0.3, -0.25) is 14.5 Å². The van der Waals surface area contributed by atoms with Gasteiger partial charge in [-0.15, -0.1) is 0 Å². The van der Waals surface area contributed by atoms with Crippen LogP contribution in [0.4, 0.5) is 5.69 Å². The Morgan fingerprint density at radius 1 is 1.00 bits per heavy atom. The van der Waals surface area contributed by atoms with Gasteiger partial charge in [0.2, 0.25) is 0 Å². The zero-order valence-corrected chi connectivity index (χ0v) is 20.4. The first-order valence-corrected chi connectivity index (χ1v) is 12.0. The van der Waals surface area contributed by atoms with Gasteiger partial charge in [0.05, 0.1) is 18.2 Å². The average Bonchev–Trinajstić information content (AvgIpc) is 3.12. The topological polar surface area (TPSA) is 66.8 Å². The van der Waals surface area contributed by atoms with Gasteiger partial charge in [0.1, 0.15) is 5.75 Å². The third kappa shape index (κ3) is 5.46. The molecule has 4 rings (SSSR count). The number of rotatable bonds is 9. The van der Waals surface area contributed by atoms with Gasteiger partial charge in [-0.25, -0.2) is 0 Å². The molecule has 0 aliphatic carbocycles. The average molecular weight is 470 g/mol. The van der Waals surface area contributed by atoms with Crippen LogP contribution in [-0.4, -0.2) is 23.4 Å². The molecule has 1 atom stereocenters. The summed E-state index contributed by atoms with van der Waals surface area (Å²) in [5, 5.41) is 10.9. The minimum atomic E-state index is -0.701. The van der Waals surface area contributed by atoms with Crippen LogP contribution >= 0.6 is 0 Å². The number of hydrogen-bond donors (Lipinski definition) is 1. The van der Waals surface area contributed by atoms with Gasteiger partial charge in [0.15, 0.2) is 11.5 Å². The van der Waals surface area contributed by atoms with Crippen LogP contribution in [-0.2, 0) is 16.0 Å². The molecule has 1 aliphatic heterocycles. The number of nitrogens with zero attached hydrogens (tertiary/aromatic N) is 1. The van der Waals surface area contributed by atoms with E-state index in [-0.39, 0.29) is 17.8 Å². The summed E-state index contributed by atoms with van der Waals surface area (Å²) in [6, 6.07) is 23.9. The van der Waals surface area contributed by atoms with Crippen molar-refractivity contribution < 1.29 is 19.4 Å². The molecule has 1 aliphatic rings. The monoisotopic (exact) mass is 469 g/mol. The lowest BCUT2D eigenvalue weighted by Crippen LogP contribution is -2.31. The fraction of sp³-hybridized carbons (Fsp3) is 0.267. The summed E-state index contributed by atoms with van der Waals surface area (Å²) in [6.45, 7) is 6.71. The highest BCUT2D eigenvalue weighted by molar-refractivity contribution is 6.16. The number of Topliss-reactive ketones (excluding diaryl/α,β-unsaturated/α-hetero) is 1. The fourth-order valence-corrected chi connectivity index (χ4v) is 4.32. The molecular formula is C30H31NO4. The number of ketones is 1. The van der Waals surface area contributed by atoms with Crippen LogP contribution in [0.15, 0.2) is 90.2 Å². The van der Waals surface area contributed by atoms with Crippen molar-refractivity contribution in [2.24, 2.45) is 5.92 Å². The molecule has 0 saturated heterocycles. The summed E-state index contributed by atoms with van der Waals surface area (Å²) >= 11 is 0. The second kappa shape index (κ2) is 10.6. The van der Waals surface area contributed by atoms with Gasteiger partial charge in [-0.1, -0.05) is 74.0 Å². The van der Waals surface area contributed by atoms with Crippen molar-refractivity contribution >= 4 is 17.4 Å². The second-order valence-corrected chi connectivity index (χ2v) is 9.36. The maximum absolute atomic E-state index is 13.4. The van der Waals surface area contributed by atoms with Gasteiger partial charge >= 0.3 is 0 Å². The lowest BCUT2D eigenvalue weighted by Gasteiger charge is -2.27. The van der Waals surface area contributed by atoms with Crippen LogP contribution in [0.3, 0.4) is 0 Å². The number of benzene rings is 3. The van der Waals surface area contributed by atoms with Crippen LogP contribution in [0.5, 0.6) is 5.75 Å². The summed E-state index contributed by atoms with van der Waals surface area (Å²) in [4.78, 5) is 28.2. The third-order valence-corrected chi connectivity index (χ3v) is 6.05. The molecule has 0 fully saturated rings. The fourth-order valence-electron chi connectivity index (χ4n) is 4.32.